The summed E-state index contributed by atoms with van der Waals surface area (Å²) in [4.78, 5) is 11.4. The van der Waals surface area contributed by atoms with Crippen molar-refractivity contribution in [2.24, 2.45) is 0 Å². The molecule has 0 saturated heterocycles. The Kier molecular flexibility index (Phi) is 5.01. The van der Waals surface area contributed by atoms with E-state index in [0.717, 1.165) is 11.3 Å². The Morgan fingerprint density at radius 2 is 1.88 bits per heavy atom. The van der Waals surface area contributed by atoms with Crippen molar-refractivity contribution in [3.8, 4) is 0 Å². The van der Waals surface area contributed by atoms with Gasteiger partial charge in [-0.15, -0.1) is 11.6 Å². The summed E-state index contributed by atoms with van der Waals surface area (Å²) in [5, 5.41) is 2.87. The molecular formula is C14H20ClNO. The lowest BCUT2D eigenvalue weighted by Gasteiger charge is -2.16. The Morgan fingerprint density at radius 1 is 1.24 bits per heavy atom. The highest BCUT2D eigenvalue weighted by atomic mass is 35.5. The van der Waals surface area contributed by atoms with Crippen LogP contribution >= 0.6 is 11.6 Å². The first-order valence-corrected chi connectivity index (χ1v) is 6.48. The third kappa shape index (κ3) is 3.74. The molecule has 3 heteroatoms. The van der Waals surface area contributed by atoms with Gasteiger partial charge in [0.2, 0.25) is 5.91 Å². The van der Waals surface area contributed by atoms with Crippen molar-refractivity contribution in [1.82, 2.24) is 0 Å². The van der Waals surface area contributed by atoms with E-state index in [1.165, 1.54) is 5.56 Å². The van der Waals surface area contributed by atoms with Gasteiger partial charge in [-0.25, -0.2) is 0 Å². The minimum atomic E-state index is -0.158. The van der Waals surface area contributed by atoms with Gasteiger partial charge in [-0.3, -0.25) is 4.79 Å². The normalized spacial score (nSPS) is 11.0. The predicted octanol–water partition coefficient (Wildman–Crippen LogP) is 4.11. The molecular weight excluding hydrogens is 234 g/mol. The number of carbonyl (C=O) groups excluding carboxylic acids is 1. The molecule has 0 aromatic heterocycles. The number of alkyl halides is 1. The number of rotatable bonds is 4. The zero-order valence-corrected chi connectivity index (χ0v) is 11.6. The van der Waals surface area contributed by atoms with E-state index in [1.54, 1.807) is 0 Å². The average molecular weight is 254 g/mol. The van der Waals surface area contributed by atoms with Crippen LogP contribution in [0, 0.1) is 0 Å². The monoisotopic (exact) mass is 253 g/mol. The lowest BCUT2D eigenvalue weighted by molar-refractivity contribution is -0.113. The first-order valence-electron chi connectivity index (χ1n) is 5.95. The van der Waals surface area contributed by atoms with Crippen molar-refractivity contribution in [2.75, 3.05) is 11.2 Å². The van der Waals surface area contributed by atoms with Crippen LogP contribution in [-0.4, -0.2) is 11.8 Å². The van der Waals surface area contributed by atoms with Crippen LogP contribution in [0.2, 0.25) is 0 Å². The second kappa shape index (κ2) is 6.06. The van der Waals surface area contributed by atoms with Crippen molar-refractivity contribution in [2.45, 2.75) is 39.5 Å². The van der Waals surface area contributed by atoms with E-state index in [9.17, 15) is 4.79 Å². The van der Waals surface area contributed by atoms with Crippen molar-refractivity contribution < 1.29 is 4.79 Å². The summed E-state index contributed by atoms with van der Waals surface area (Å²) in [6.07, 6.45) is 0. The van der Waals surface area contributed by atoms with Gasteiger partial charge in [0.05, 0.1) is 0 Å². The maximum Gasteiger partial charge on any atom is 0.239 e. The molecule has 0 aliphatic carbocycles. The number of benzene rings is 1. The third-order valence-electron chi connectivity index (χ3n) is 2.76. The van der Waals surface area contributed by atoms with Crippen LogP contribution in [0.25, 0.3) is 0 Å². The molecule has 0 spiro atoms. The lowest BCUT2D eigenvalue weighted by atomic mass is 9.95. The van der Waals surface area contributed by atoms with Crippen molar-refractivity contribution in [3.05, 3.63) is 29.3 Å². The highest BCUT2D eigenvalue weighted by Crippen LogP contribution is 2.28. The molecule has 0 atom stereocenters. The summed E-state index contributed by atoms with van der Waals surface area (Å²) in [5.41, 5.74) is 3.25. The summed E-state index contributed by atoms with van der Waals surface area (Å²) in [6.45, 7) is 8.50. The van der Waals surface area contributed by atoms with E-state index in [1.807, 2.05) is 6.07 Å². The van der Waals surface area contributed by atoms with Gasteiger partial charge in [0.1, 0.15) is 5.88 Å². The number of amides is 1. The van der Waals surface area contributed by atoms with Gasteiger partial charge in [-0.2, -0.15) is 0 Å². The maximum atomic E-state index is 11.4. The van der Waals surface area contributed by atoms with E-state index < -0.39 is 0 Å². The number of hydrogen-bond donors (Lipinski definition) is 1. The second-order valence-electron chi connectivity index (χ2n) is 4.84. The van der Waals surface area contributed by atoms with E-state index >= 15 is 0 Å². The Labute approximate surface area is 108 Å². The zero-order valence-electron chi connectivity index (χ0n) is 10.9. The molecule has 2 nitrogen and oxygen atoms in total. The summed E-state index contributed by atoms with van der Waals surface area (Å²) in [5.74, 6) is 0.655. The lowest BCUT2D eigenvalue weighted by Crippen LogP contribution is -2.14. The minimum Gasteiger partial charge on any atom is -0.325 e. The van der Waals surface area contributed by atoms with Gasteiger partial charge >= 0.3 is 0 Å². The van der Waals surface area contributed by atoms with Gasteiger partial charge in [-0.1, -0.05) is 39.8 Å². The van der Waals surface area contributed by atoms with E-state index in [0.29, 0.717) is 11.8 Å². The molecule has 0 aliphatic rings. The number of anilines is 1. The molecule has 0 fully saturated rings. The van der Waals surface area contributed by atoms with Crippen LogP contribution in [0.4, 0.5) is 5.69 Å². The van der Waals surface area contributed by atoms with E-state index in [2.05, 4.69) is 45.1 Å². The van der Waals surface area contributed by atoms with Gasteiger partial charge in [0.15, 0.2) is 0 Å². The summed E-state index contributed by atoms with van der Waals surface area (Å²) in [7, 11) is 0. The van der Waals surface area contributed by atoms with Crippen LogP contribution in [0.3, 0.4) is 0 Å². The molecule has 0 heterocycles. The fourth-order valence-corrected chi connectivity index (χ4v) is 1.80. The first-order chi connectivity index (χ1) is 7.95. The number of nitrogens with one attached hydrogen (secondary N) is 1. The molecule has 0 unspecified atom stereocenters. The molecule has 0 aliphatic heterocycles. The van der Waals surface area contributed by atoms with E-state index in [4.69, 9.17) is 11.6 Å². The van der Waals surface area contributed by atoms with Crippen LogP contribution in [0.15, 0.2) is 18.2 Å². The minimum absolute atomic E-state index is 0.0105. The number of halogens is 1. The van der Waals surface area contributed by atoms with Crippen LogP contribution in [0.5, 0.6) is 0 Å². The molecule has 17 heavy (non-hydrogen) atoms. The topological polar surface area (TPSA) is 29.1 Å². The highest BCUT2D eigenvalue weighted by Gasteiger charge is 2.11. The molecule has 0 radical (unpaired) electrons. The van der Waals surface area contributed by atoms with Gasteiger partial charge < -0.3 is 5.32 Å². The Balaban J connectivity index is 3.11. The molecule has 1 aromatic rings. The van der Waals surface area contributed by atoms with Gasteiger partial charge in [0, 0.05) is 5.69 Å². The molecule has 1 amide bonds. The molecule has 1 N–H and O–H groups in total. The fourth-order valence-electron chi connectivity index (χ4n) is 1.73. The standard InChI is InChI=1S/C14H20ClNO/c1-9(2)11-5-6-12(10(3)4)13(7-11)16-14(17)8-15/h5-7,9-10H,8H2,1-4H3,(H,16,17). The van der Waals surface area contributed by atoms with Crippen molar-refractivity contribution >= 4 is 23.2 Å². The van der Waals surface area contributed by atoms with Crippen LogP contribution < -0.4 is 5.32 Å². The SMILES string of the molecule is CC(C)c1ccc(C(C)C)c(NC(=O)CCl)c1. The Hall–Kier alpha value is -1.02. The molecule has 0 bridgehead atoms. The second-order valence-corrected chi connectivity index (χ2v) is 5.11. The molecule has 1 rings (SSSR count). The average Bonchev–Trinajstić information content (AvgIpc) is 2.28. The zero-order chi connectivity index (χ0) is 13.0. The number of carbonyl (C=O) groups is 1. The predicted molar refractivity (Wildman–Crippen MR) is 74.0 cm³/mol. The van der Waals surface area contributed by atoms with Crippen LogP contribution in [0.1, 0.15) is 50.7 Å². The smallest absolute Gasteiger partial charge is 0.239 e. The van der Waals surface area contributed by atoms with E-state index in [-0.39, 0.29) is 11.8 Å². The Morgan fingerprint density at radius 3 is 2.35 bits per heavy atom. The quantitative estimate of drug-likeness (QED) is 0.804. The first kappa shape index (κ1) is 14.0. The van der Waals surface area contributed by atoms with Crippen molar-refractivity contribution in [1.29, 1.82) is 0 Å². The molecule has 94 valence electrons. The summed E-state index contributed by atoms with van der Waals surface area (Å²) < 4.78 is 0. The summed E-state index contributed by atoms with van der Waals surface area (Å²) >= 11 is 5.52. The number of hydrogen-bond acceptors (Lipinski definition) is 1. The summed E-state index contributed by atoms with van der Waals surface area (Å²) in [6, 6.07) is 6.25. The molecule has 1 aromatic carbocycles. The Bertz CT molecular complexity index is 399. The largest absolute Gasteiger partial charge is 0.325 e. The third-order valence-corrected chi connectivity index (χ3v) is 3.00. The highest BCUT2D eigenvalue weighted by molar-refractivity contribution is 6.29. The molecule has 0 saturated carbocycles. The van der Waals surface area contributed by atoms with Crippen molar-refractivity contribution in [3.63, 3.8) is 0 Å². The maximum absolute atomic E-state index is 11.4. The van der Waals surface area contributed by atoms with Crippen LogP contribution in [-0.2, 0) is 4.79 Å². The van der Waals surface area contributed by atoms with Gasteiger partial charge in [0.25, 0.3) is 0 Å². The van der Waals surface area contributed by atoms with Gasteiger partial charge in [-0.05, 0) is 29.0 Å². The fraction of sp³-hybridized carbons (Fsp3) is 0.500.